The quantitative estimate of drug-likeness (QED) is 0.612. The minimum Gasteiger partial charge on any atom is -0.314 e. The Morgan fingerprint density at radius 1 is 0.812 bits per heavy atom. The lowest BCUT2D eigenvalue weighted by atomic mass is 9.94. The van der Waals surface area contributed by atoms with E-state index in [0.29, 0.717) is 0 Å². The molecule has 0 bridgehead atoms. The Morgan fingerprint density at radius 2 is 1.25 bits per heavy atom. The highest BCUT2D eigenvalue weighted by Crippen LogP contribution is 2.14. The number of rotatable bonds is 9. The minimum absolute atomic E-state index is 0.723. The lowest BCUT2D eigenvalue weighted by molar-refractivity contribution is 0.329. The molecule has 0 radical (unpaired) electrons. The molecule has 0 atom stereocenters. The van der Waals surface area contributed by atoms with Crippen molar-refractivity contribution in [2.24, 2.45) is 17.8 Å². The maximum absolute atomic E-state index is 3.78. The van der Waals surface area contributed by atoms with Crippen molar-refractivity contribution < 1.29 is 0 Å². The smallest absolute Gasteiger partial charge is 0.00720 e. The van der Waals surface area contributed by atoms with E-state index in [0.717, 1.165) is 23.8 Å². The summed E-state index contributed by atoms with van der Waals surface area (Å²) in [5.74, 6) is 2.47. The van der Waals surface area contributed by atoms with Gasteiger partial charge in [0.05, 0.1) is 0 Å². The van der Waals surface area contributed by atoms with Crippen LogP contribution < -0.4 is 5.32 Å². The van der Waals surface area contributed by atoms with Crippen LogP contribution in [0.1, 0.15) is 67.2 Å². The first kappa shape index (κ1) is 16.0. The van der Waals surface area contributed by atoms with Gasteiger partial charge in [0.15, 0.2) is 0 Å². The zero-order valence-electron chi connectivity index (χ0n) is 12.3. The van der Waals surface area contributed by atoms with Crippen LogP contribution >= 0.6 is 0 Å². The highest BCUT2D eigenvalue weighted by atomic mass is 14.9. The van der Waals surface area contributed by atoms with Gasteiger partial charge in [0.2, 0.25) is 0 Å². The van der Waals surface area contributed by atoms with Gasteiger partial charge >= 0.3 is 0 Å². The first-order valence-corrected chi connectivity index (χ1v) is 7.22. The van der Waals surface area contributed by atoms with Crippen molar-refractivity contribution in [1.82, 2.24) is 5.32 Å². The van der Waals surface area contributed by atoms with Crippen LogP contribution in [0.25, 0.3) is 0 Å². The predicted octanol–water partition coefficient (Wildman–Crippen LogP) is 4.47. The molecule has 98 valence electrons. The Bertz CT molecular complexity index is 138. The maximum atomic E-state index is 3.78. The first-order valence-electron chi connectivity index (χ1n) is 7.22. The molecule has 1 heteroatoms. The minimum atomic E-state index is 0.723. The van der Waals surface area contributed by atoms with Crippen molar-refractivity contribution in [1.29, 1.82) is 0 Å². The first-order chi connectivity index (χ1) is 7.49. The molecule has 0 aliphatic heterocycles. The van der Waals surface area contributed by atoms with Crippen molar-refractivity contribution in [2.75, 3.05) is 6.54 Å². The van der Waals surface area contributed by atoms with Crippen LogP contribution in [0.15, 0.2) is 0 Å². The van der Waals surface area contributed by atoms with Crippen molar-refractivity contribution in [3.63, 3.8) is 0 Å². The molecule has 0 aromatic heterocycles. The van der Waals surface area contributed by atoms with Gasteiger partial charge in [0.1, 0.15) is 0 Å². The van der Waals surface area contributed by atoms with Crippen molar-refractivity contribution in [2.45, 2.75) is 73.3 Å². The zero-order valence-corrected chi connectivity index (χ0v) is 12.3. The SMILES string of the molecule is CCC(CC)CNC(CC(C)C)CC(C)C. The van der Waals surface area contributed by atoms with Gasteiger partial charge in [-0.25, -0.2) is 0 Å². The summed E-state index contributed by atoms with van der Waals surface area (Å²) in [5.41, 5.74) is 0. The van der Waals surface area contributed by atoms with Gasteiger partial charge in [-0.1, -0.05) is 54.4 Å². The zero-order chi connectivity index (χ0) is 12.6. The Kier molecular flexibility index (Phi) is 9.02. The highest BCUT2D eigenvalue weighted by Gasteiger charge is 2.13. The normalized spacial score (nSPS) is 12.4. The fourth-order valence-corrected chi connectivity index (χ4v) is 2.31. The average molecular weight is 227 g/mol. The Labute approximate surface area is 103 Å². The Balaban J connectivity index is 3.99. The van der Waals surface area contributed by atoms with Gasteiger partial charge in [-0.3, -0.25) is 0 Å². The summed E-state index contributed by atoms with van der Waals surface area (Å²) in [5, 5.41) is 3.78. The summed E-state index contributed by atoms with van der Waals surface area (Å²) in [7, 11) is 0. The molecule has 0 heterocycles. The van der Waals surface area contributed by atoms with E-state index in [1.807, 2.05) is 0 Å². The summed E-state index contributed by atoms with van der Waals surface area (Å²) < 4.78 is 0. The average Bonchev–Trinajstić information content (AvgIpc) is 2.17. The Hall–Kier alpha value is -0.0400. The van der Waals surface area contributed by atoms with Crippen molar-refractivity contribution in [3.05, 3.63) is 0 Å². The lowest BCUT2D eigenvalue weighted by Crippen LogP contribution is -2.35. The molecule has 0 spiro atoms. The van der Waals surface area contributed by atoms with Gasteiger partial charge < -0.3 is 5.32 Å². The molecule has 0 aromatic rings. The second kappa shape index (κ2) is 9.04. The summed E-state index contributed by atoms with van der Waals surface area (Å²) in [6, 6.07) is 0.723. The van der Waals surface area contributed by atoms with E-state index in [9.17, 15) is 0 Å². The van der Waals surface area contributed by atoms with Crippen LogP contribution in [0.3, 0.4) is 0 Å². The van der Waals surface area contributed by atoms with Crippen molar-refractivity contribution in [3.8, 4) is 0 Å². The van der Waals surface area contributed by atoms with Crippen LogP contribution in [-0.2, 0) is 0 Å². The van der Waals surface area contributed by atoms with Gasteiger partial charge in [-0.15, -0.1) is 0 Å². The monoisotopic (exact) mass is 227 g/mol. The molecule has 0 fully saturated rings. The number of hydrogen-bond donors (Lipinski definition) is 1. The van der Waals surface area contributed by atoms with E-state index in [-0.39, 0.29) is 0 Å². The molecular formula is C15H33N. The fourth-order valence-electron chi connectivity index (χ4n) is 2.31. The highest BCUT2D eigenvalue weighted by molar-refractivity contribution is 4.72. The molecule has 0 rings (SSSR count). The third kappa shape index (κ3) is 8.15. The lowest BCUT2D eigenvalue weighted by Gasteiger charge is -2.24. The topological polar surface area (TPSA) is 12.0 Å². The summed E-state index contributed by atoms with van der Waals surface area (Å²) >= 11 is 0. The van der Waals surface area contributed by atoms with Crippen molar-refractivity contribution >= 4 is 0 Å². The number of nitrogens with one attached hydrogen (secondary N) is 1. The summed E-state index contributed by atoms with van der Waals surface area (Å²) in [4.78, 5) is 0. The molecule has 16 heavy (non-hydrogen) atoms. The summed E-state index contributed by atoms with van der Waals surface area (Å²) in [6.45, 7) is 15.1. The third-order valence-electron chi connectivity index (χ3n) is 3.36. The predicted molar refractivity (Wildman–Crippen MR) is 74.8 cm³/mol. The van der Waals surface area contributed by atoms with E-state index in [4.69, 9.17) is 0 Å². The molecule has 1 nitrogen and oxygen atoms in total. The molecule has 0 aliphatic carbocycles. The van der Waals surface area contributed by atoms with Crippen LogP contribution in [0.2, 0.25) is 0 Å². The van der Waals surface area contributed by atoms with Gasteiger partial charge in [0, 0.05) is 6.04 Å². The van der Waals surface area contributed by atoms with E-state index in [2.05, 4.69) is 46.9 Å². The van der Waals surface area contributed by atoms with Crippen LogP contribution in [0.4, 0.5) is 0 Å². The maximum Gasteiger partial charge on any atom is 0.00720 e. The molecule has 0 aromatic carbocycles. The van der Waals surface area contributed by atoms with Gasteiger partial charge in [-0.05, 0) is 37.1 Å². The summed E-state index contributed by atoms with van der Waals surface area (Å²) in [6.07, 6.45) is 5.25. The second-order valence-corrected chi connectivity index (χ2v) is 6.05. The molecule has 0 unspecified atom stereocenters. The fraction of sp³-hybridized carbons (Fsp3) is 1.00. The third-order valence-corrected chi connectivity index (χ3v) is 3.36. The van der Waals surface area contributed by atoms with Gasteiger partial charge in [-0.2, -0.15) is 0 Å². The Morgan fingerprint density at radius 3 is 1.56 bits per heavy atom. The molecule has 0 amide bonds. The van der Waals surface area contributed by atoms with E-state index >= 15 is 0 Å². The van der Waals surface area contributed by atoms with Gasteiger partial charge in [0.25, 0.3) is 0 Å². The molecule has 0 aliphatic rings. The van der Waals surface area contributed by atoms with E-state index < -0.39 is 0 Å². The molecular weight excluding hydrogens is 194 g/mol. The molecule has 0 saturated carbocycles. The molecule has 1 N–H and O–H groups in total. The van der Waals surface area contributed by atoms with E-state index in [1.54, 1.807) is 0 Å². The largest absolute Gasteiger partial charge is 0.314 e. The van der Waals surface area contributed by atoms with Crippen LogP contribution in [0, 0.1) is 17.8 Å². The number of hydrogen-bond acceptors (Lipinski definition) is 1. The van der Waals surface area contributed by atoms with Crippen LogP contribution in [-0.4, -0.2) is 12.6 Å². The second-order valence-electron chi connectivity index (χ2n) is 6.05. The van der Waals surface area contributed by atoms with E-state index in [1.165, 1.54) is 32.2 Å². The van der Waals surface area contributed by atoms with Crippen LogP contribution in [0.5, 0.6) is 0 Å². The molecule has 0 saturated heterocycles. The standard InChI is InChI=1S/C15H33N/c1-7-14(8-2)11-16-15(9-12(3)4)10-13(5)6/h12-16H,7-11H2,1-6H3.